The highest BCUT2D eigenvalue weighted by molar-refractivity contribution is 7.84. The molecule has 0 spiro atoms. The topological polar surface area (TPSA) is 80.9 Å². The van der Waals surface area contributed by atoms with E-state index in [0.717, 1.165) is 6.07 Å². The van der Waals surface area contributed by atoms with Crippen LogP contribution in [-0.4, -0.2) is 32.2 Å². The molecule has 5 nitrogen and oxygen atoms in total. The number of aromatic nitrogens is 2. The van der Waals surface area contributed by atoms with Crippen LogP contribution in [0.25, 0.3) is 0 Å². The first-order valence-corrected chi connectivity index (χ1v) is 6.62. The average molecular weight is 282 g/mol. The van der Waals surface area contributed by atoms with Crippen LogP contribution in [0.5, 0.6) is 0 Å². The van der Waals surface area contributed by atoms with Gasteiger partial charge in [0.1, 0.15) is 5.82 Å². The van der Waals surface area contributed by atoms with Crippen molar-refractivity contribution in [2.24, 2.45) is 0 Å². The molecule has 0 saturated heterocycles. The molecule has 0 aromatic carbocycles. The lowest BCUT2D eigenvalue weighted by Gasteiger charge is -2.09. The summed E-state index contributed by atoms with van der Waals surface area (Å²) in [6.07, 6.45) is -4.57. The zero-order valence-corrected chi connectivity index (χ0v) is 10.4. The number of halogens is 3. The minimum Gasteiger partial charge on any atom is -0.369 e. The first-order valence-electron chi connectivity index (χ1n) is 5.13. The van der Waals surface area contributed by atoms with Gasteiger partial charge in [0.2, 0.25) is 5.95 Å². The van der Waals surface area contributed by atoms with Gasteiger partial charge in [-0.15, -0.1) is 0 Å². The second-order valence-corrected chi connectivity index (χ2v) is 5.22. The Morgan fingerprint density at radius 1 is 1.44 bits per heavy atom. The summed E-state index contributed by atoms with van der Waals surface area (Å²) in [6.45, 7) is 2.02. The molecule has 0 aliphatic rings. The molecule has 1 atom stereocenters. The van der Waals surface area contributed by atoms with E-state index >= 15 is 0 Å². The molecule has 102 valence electrons. The highest BCUT2D eigenvalue weighted by Gasteiger charge is 2.33. The first kappa shape index (κ1) is 14.7. The first-order chi connectivity index (χ1) is 8.32. The molecular weight excluding hydrogens is 269 g/mol. The molecule has 1 heterocycles. The molecule has 1 unspecified atom stereocenters. The van der Waals surface area contributed by atoms with Crippen LogP contribution >= 0.6 is 0 Å². The summed E-state index contributed by atoms with van der Waals surface area (Å²) >= 11 is 0. The molecular formula is C9H13F3N4OS. The van der Waals surface area contributed by atoms with Gasteiger partial charge >= 0.3 is 6.18 Å². The number of nitrogens with two attached hydrogens (primary N) is 1. The number of alkyl halides is 3. The normalized spacial score (nSPS) is 13.3. The SMILES string of the molecule is CCS(=O)CCNc1cc(C(F)(F)F)nc(N)n1. The lowest BCUT2D eigenvalue weighted by Crippen LogP contribution is -2.16. The predicted molar refractivity (Wildman–Crippen MR) is 63.5 cm³/mol. The molecule has 0 fully saturated rings. The van der Waals surface area contributed by atoms with E-state index in [9.17, 15) is 17.4 Å². The number of nitrogen functional groups attached to an aromatic ring is 1. The molecule has 1 aromatic rings. The summed E-state index contributed by atoms with van der Waals surface area (Å²) in [7, 11) is -0.988. The minimum atomic E-state index is -4.57. The molecule has 1 rings (SSSR count). The molecule has 0 aliphatic carbocycles. The maximum atomic E-state index is 12.4. The monoisotopic (exact) mass is 282 g/mol. The van der Waals surface area contributed by atoms with Gasteiger partial charge in [-0.1, -0.05) is 6.92 Å². The number of nitrogens with zero attached hydrogens (tertiary/aromatic N) is 2. The second-order valence-electron chi connectivity index (χ2n) is 3.35. The van der Waals surface area contributed by atoms with Gasteiger partial charge in [0.25, 0.3) is 0 Å². The van der Waals surface area contributed by atoms with E-state index in [4.69, 9.17) is 5.73 Å². The van der Waals surface area contributed by atoms with Crippen LogP contribution in [0, 0.1) is 0 Å². The number of anilines is 2. The van der Waals surface area contributed by atoms with E-state index in [0.29, 0.717) is 11.5 Å². The van der Waals surface area contributed by atoms with Crippen molar-refractivity contribution in [1.82, 2.24) is 9.97 Å². The molecule has 9 heteroatoms. The van der Waals surface area contributed by atoms with Gasteiger partial charge in [-0.05, 0) is 0 Å². The van der Waals surface area contributed by atoms with Crippen molar-refractivity contribution < 1.29 is 17.4 Å². The third-order valence-electron chi connectivity index (χ3n) is 1.99. The molecule has 1 aromatic heterocycles. The summed E-state index contributed by atoms with van der Waals surface area (Å²) in [5, 5.41) is 2.64. The van der Waals surface area contributed by atoms with Crippen LogP contribution in [0.3, 0.4) is 0 Å². The van der Waals surface area contributed by atoms with Gasteiger partial charge < -0.3 is 11.1 Å². The molecule has 0 saturated carbocycles. The van der Waals surface area contributed by atoms with E-state index in [1.807, 2.05) is 0 Å². The average Bonchev–Trinajstić information content (AvgIpc) is 2.27. The van der Waals surface area contributed by atoms with Crippen molar-refractivity contribution in [1.29, 1.82) is 0 Å². The van der Waals surface area contributed by atoms with Crippen molar-refractivity contribution in [3.8, 4) is 0 Å². The molecule has 0 aliphatic heterocycles. The number of hydrogen-bond donors (Lipinski definition) is 2. The van der Waals surface area contributed by atoms with Crippen molar-refractivity contribution in [2.45, 2.75) is 13.1 Å². The Labute approximate surface area is 104 Å². The van der Waals surface area contributed by atoms with Crippen LogP contribution in [0.4, 0.5) is 24.9 Å². The summed E-state index contributed by atoms with van der Waals surface area (Å²) in [4.78, 5) is 6.73. The van der Waals surface area contributed by atoms with Crippen molar-refractivity contribution in [2.75, 3.05) is 29.1 Å². The van der Waals surface area contributed by atoms with Gasteiger partial charge in [-0.3, -0.25) is 4.21 Å². The summed E-state index contributed by atoms with van der Waals surface area (Å²) < 4.78 is 48.4. The van der Waals surface area contributed by atoms with Crippen LogP contribution in [0.1, 0.15) is 12.6 Å². The maximum absolute atomic E-state index is 12.4. The van der Waals surface area contributed by atoms with Crippen LogP contribution in [-0.2, 0) is 17.0 Å². The summed E-state index contributed by atoms with van der Waals surface area (Å²) in [6, 6.07) is 0.769. The molecule has 0 radical (unpaired) electrons. The second kappa shape index (κ2) is 5.98. The van der Waals surface area contributed by atoms with E-state index in [1.54, 1.807) is 6.92 Å². The fraction of sp³-hybridized carbons (Fsp3) is 0.556. The largest absolute Gasteiger partial charge is 0.433 e. The molecule has 18 heavy (non-hydrogen) atoms. The zero-order chi connectivity index (χ0) is 13.8. The third kappa shape index (κ3) is 4.47. The van der Waals surface area contributed by atoms with E-state index < -0.39 is 28.6 Å². The van der Waals surface area contributed by atoms with Crippen LogP contribution < -0.4 is 11.1 Å². The van der Waals surface area contributed by atoms with Crippen LogP contribution in [0.15, 0.2) is 6.07 Å². The van der Waals surface area contributed by atoms with Gasteiger partial charge in [0.05, 0.1) is 0 Å². The number of hydrogen-bond acceptors (Lipinski definition) is 5. The Kier molecular flexibility index (Phi) is 4.88. The minimum absolute atomic E-state index is 0.0251. The third-order valence-corrected chi connectivity index (χ3v) is 3.30. The lowest BCUT2D eigenvalue weighted by molar-refractivity contribution is -0.141. The fourth-order valence-electron chi connectivity index (χ4n) is 1.14. The van der Waals surface area contributed by atoms with Gasteiger partial charge in [0, 0.05) is 34.9 Å². The molecule has 0 bridgehead atoms. The molecule has 0 amide bonds. The predicted octanol–water partition coefficient (Wildman–Crippen LogP) is 1.26. The highest BCUT2D eigenvalue weighted by Crippen LogP contribution is 2.29. The van der Waals surface area contributed by atoms with Crippen molar-refractivity contribution in [3.63, 3.8) is 0 Å². The Morgan fingerprint density at radius 2 is 2.11 bits per heavy atom. The fourth-order valence-corrected chi connectivity index (χ4v) is 1.76. The van der Waals surface area contributed by atoms with Crippen LogP contribution in [0.2, 0.25) is 0 Å². The van der Waals surface area contributed by atoms with E-state index in [1.165, 1.54) is 0 Å². The Bertz CT molecular complexity index is 438. The number of rotatable bonds is 5. The maximum Gasteiger partial charge on any atom is 0.433 e. The van der Waals surface area contributed by atoms with Crippen molar-refractivity contribution in [3.05, 3.63) is 11.8 Å². The Balaban J connectivity index is 2.72. The standard InChI is InChI=1S/C9H13F3N4OS/c1-2-18(17)4-3-14-7-5-6(9(10,11)12)15-8(13)16-7/h5H,2-4H2,1H3,(H3,13,14,15,16). The summed E-state index contributed by atoms with van der Waals surface area (Å²) in [5.74, 6) is 0.357. The number of nitrogens with one attached hydrogen (secondary N) is 1. The Hall–Kier alpha value is -1.38. The van der Waals surface area contributed by atoms with Gasteiger partial charge in [-0.25, -0.2) is 4.98 Å². The van der Waals surface area contributed by atoms with Gasteiger partial charge in [0.15, 0.2) is 5.69 Å². The molecule has 3 N–H and O–H groups in total. The highest BCUT2D eigenvalue weighted by atomic mass is 32.2. The zero-order valence-electron chi connectivity index (χ0n) is 9.62. The summed E-state index contributed by atoms with van der Waals surface area (Å²) in [5.41, 5.74) is 4.09. The smallest absolute Gasteiger partial charge is 0.369 e. The van der Waals surface area contributed by atoms with Gasteiger partial charge in [-0.2, -0.15) is 18.2 Å². The quantitative estimate of drug-likeness (QED) is 0.849. The lowest BCUT2D eigenvalue weighted by atomic mass is 10.4. The van der Waals surface area contributed by atoms with E-state index in [-0.39, 0.29) is 12.4 Å². The van der Waals surface area contributed by atoms with E-state index in [2.05, 4.69) is 15.3 Å². The Morgan fingerprint density at radius 3 is 2.67 bits per heavy atom. The van der Waals surface area contributed by atoms with Crippen molar-refractivity contribution >= 4 is 22.6 Å².